The third kappa shape index (κ3) is 2.17. The van der Waals surface area contributed by atoms with E-state index < -0.39 is 0 Å². The maximum atomic E-state index is 2.47. The minimum Gasteiger partial charge on any atom is -0.0882 e. The van der Waals surface area contributed by atoms with E-state index in [4.69, 9.17) is 0 Å². The average Bonchev–Trinajstić information content (AvgIpc) is 1.90. The highest BCUT2D eigenvalue weighted by Gasteiger charge is 2.21. The predicted molar refractivity (Wildman–Crippen MR) is 45.6 cm³/mol. The van der Waals surface area contributed by atoms with Crippen molar-refractivity contribution in [1.82, 2.24) is 0 Å². The van der Waals surface area contributed by atoms with Gasteiger partial charge in [0.1, 0.15) is 0 Å². The van der Waals surface area contributed by atoms with E-state index in [1.54, 1.807) is 0 Å². The summed E-state index contributed by atoms with van der Waals surface area (Å²) in [5.41, 5.74) is 0.423. The molecule has 0 amide bonds. The molecule has 0 spiro atoms. The van der Waals surface area contributed by atoms with Gasteiger partial charge in [-0.1, -0.05) is 32.9 Å². The lowest BCUT2D eigenvalue weighted by atomic mass is 9.82. The summed E-state index contributed by atoms with van der Waals surface area (Å²) in [7, 11) is 0. The molecular formula is C10H17. The van der Waals surface area contributed by atoms with Gasteiger partial charge in [0.15, 0.2) is 0 Å². The molecule has 0 bridgehead atoms. The minimum absolute atomic E-state index is 0.423. The maximum Gasteiger partial charge on any atom is -0.0286 e. The lowest BCUT2D eigenvalue weighted by molar-refractivity contribution is 0.399. The molecular weight excluding hydrogens is 120 g/mol. The number of allylic oxidation sites excluding steroid dienone is 2. The lowest BCUT2D eigenvalue weighted by Gasteiger charge is -2.23. The van der Waals surface area contributed by atoms with E-state index >= 15 is 0 Å². The molecule has 1 aliphatic carbocycles. The molecule has 0 N–H and O–H groups in total. The molecule has 10 heavy (non-hydrogen) atoms. The van der Waals surface area contributed by atoms with Crippen LogP contribution in [0.1, 0.15) is 33.6 Å². The maximum absolute atomic E-state index is 2.47. The first-order chi connectivity index (χ1) is 4.60. The van der Waals surface area contributed by atoms with Gasteiger partial charge in [-0.3, -0.25) is 0 Å². The van der Waals surface area contributed by atoms with Crippen LogP contribution in [0.15, 0.2) is 12.2 Å². The Labute approximate surface area is 64.3 Å². The van der Waals surface area contributed by atoms with Crippen LogP contribution in [0.4, 0.5) is 0 Å². The van der Waals surface area contributed by atoms with E-state index in [1.807, 2.05) is 0 Å². The van der Waals surface area contributed by atoms with Crippen LogP contribution in [-0.2, 0) is 0 Å². The summed E-state index contributed by atoms with van der Waals surface area (Å²) in [4.78, 5) is 0. The van der Waals surface area contributed by atoms with Gasteiger partial charge in [0.2, 0.25) is 0 Å². The molecule has 1 rings (SSSR count). The Balaban J connectivity index is 2.57. The van der Waals surface area contributed by atoms with Crippen LogP contribution in [0.3, 0.4) is 0 Å². The molecule has 0 fully saturated rings. The van der Waals surface area contributed by atoms with Crippen LogP contribution in [0.2, 0.25) is 0 Å². The molecule has 1 aliphatic rings. The number of hydrogen-bond acceptors (Lipinski definition) is 0. The van der Waals surface area contributed by atoms with Gasteiger partial charge >= 0.3 is 0 Å². The first-order valence-electron chi connectivity index (χ1n) is 4.11. The van der Waals surface area contributed by atoms with Crippen molar-refractivity contribution in [1.29, 1.82) is 0 Å². The molecule has 0 saturated carbocycles. The Morgan fingerprint density at radius 1 is 1.30 bits per heavy atom. The smallest absolute Gasteiger partial charge is 0.0286 e. The van der Waals surface area contributed by atoms with Gasteiger partial charge in [-0.15, -0.1) is 0 Å². The Hall–Kier alpha value is -0.260. The highest BCUT2D eigenvalue weighted by atomic mass is 14.3. The van der Waals surface area contributed by atoms with Gasteiger partial charge < -0.3 is 0 Å². The Kier molecular flexibility index (Phi) is 2.18. The summed E-state index contributed by atoms with van der Waals surface area (Å²) in [5.74, 6) is 0.758. The Bertz CT molecular complexity index is 131. The van der Waals surface area contributed by atoms with E-state index in [0.29, 0.717) is 5.41 Å². The zero-order valence-electron chi connectivity index (χ0n) is 7.22. The van der Waals surface area contributed by atoms with E-state index in [-0.39, 0.29) is 0 Å². The summed E-state index contributed by atoms with van der Waals surface area (Å²) in [5, 5.41) is 0. The van der Waals surface area contributed by atoms with Crippen LogP contribution >= 0.6 is 0 Å². The normalized spacial score (nSPS) is 31.7. The van der Waals surface area contributed by atoms with Crippen LogP contribution < -0.4 is 0 Å². The SMILES string of the molecule is CC1[CH]C(C)(C)CC=CC1. The predicted octanol–water partition coefficient (Wildman–Crippen LogP) is 3.20. The van der Waals surface area contributed by atoms with Crippen molar-refractivity contribution in [2.45, 2.75) is 33.6 Å². The van der Waals surface area contributed by atoms with Crippen LogP contribution in [0.25, 0.3) is 0 Å². The van der Waals surface area contributed by atoms with Crippen molar-refractivity contribution in [3.8, 4) is 0 Å². The second kappa shape index (κ2) is 2.77. The van der Waals surface area contributed by atoms with Gasteiger partial charge in [-0.05, 0) is 30.6 Å². The molecule has 1 unspecified atom stereocenters. The van der Waals surface area contributed by atoms with Crippen LogP contribution in [-0.4, -0.2) is 0 Å². The van der Waals surface area contributed by atoms with Crippen LogP contribution in [0, 0.1) is 17.8 Å². The van der Waals surface area contributed by atoms with Gasteiger partial charge in [0.25, 0.3) is 0 Å². The highest BCUT2D eigenvalue weighted by Crippen LogP contribution is 2.32. The molecule has 0 aromatic carbocycles. The van der Waals surface area contributed by atoms with Gasteiger partial charge in [0, 0.05) is 0 Å². The average molecular weight is 137 g/mol. The summed E-state index contributed by atoms with van der Waals surface area (Å²) < 4.78 is 0. The molecule has 1 atom stereocenters. The van der Waals surface area contributed by atoms with E-state index in [0.717, 1.165) is 5.92 Å². The quantitative estimate of drug-likeness (QED) is 0.450. The molecule has 0 aliphatic heterocycles. The Morgan fingerprint density at radius 2 is 2.00 bits per heavy atom. The molecule has 0 nitrogen and oxygen atoms in total. The van der Waals surface area contributed by atoms with Crippen molar-refractivity contribution < 1.29 is 0 Å². The summed E-state index contributed by atoms with van der Waals surface area (Å²) in [6.45, 7) is 6.90. The van der Waals surface area contributed by atoms with Gasteiger partial charge in [-0.25, -0.2) is 0 Å². The monoisotopic (exact) mass is 137 g/mol. The Morgan fingerprint density at radius 3 is 2.70 bits per heavy atom. The zero-order chi connectivity index (χ0) is 7.61. The van der Waals surface area contributed by atoms with E-state index in [2.05, 4.69) is 39.3 Å². The van der Waals surface area contributed by atoms with Gasteiger partial charge in [0.05, 0.1) is 0 Å². The molecule has 0 heterocycles. The third-order valence-corrected chi connectivity index (χ3v) is 2.05. The molecule has 0 saturated heterocycles. The largest absolute Gasteiger partial charge is 0.0882 e. The third-order valence-electron chi connectivity index (χ3n) is 2.05. The second-order valence-electron chi connectivity index (χ2n) is 4.04. The van der Waals surface area contributed by atoms with E-state index in [1.165, 1.54) is 12.8 Å². The zero-order valence-corrected chi connectivity index (χ0v) is 7.22. The number of hydrogen-bond donors (Lipinski definition) is 0. The fourth-order valence-electron chi connectivity index (χ4n) is 1.60. The lowest BCUT2D eigenvalue weighted by Crippen LogP contribution is -2.13. The van der Waals surface area contributed by atoms with Crippen molar-refractivity contribution in [3.05, 3.63) is 18.6 Å². The van der Waals surface area contributed by atoms with E-state index in [9.17, 15) is 0 Å². The first-order valence-corrected chi connectivity index (χ1v) is 4.11. The topological polar surface area (TPSA) is 0 Å². The fraction of sp³-hybridized carbons (Fsp3) is 0.700. The summed E-state index contributed by atoms with van der Waals surface area (Å²) in [6, 6.07) is 0. The van der Waals surface area contributed by atoms with Crippen molar-refractivity contribution in [2.75, 3.05) is 0 Å². The molecule has 57 valence electrons. The van der Waals surface area contributed by atoms with Crippen molar-refractivity contribution in [3.63, 3.8) is 0 Å². The van der Waals surface area contributed by atoms with Crippen molar-refractivity contribution >= 4 is 0 Å². The first kappa shape index (κ1) is 7.84. The fourth-order valence-corrected chi connectivity index (χ4v) is 1.60. The van der Waals surface area contributed by atoms with Crippen LogP contribution in [0.5, 0.6) is 0 Å². The molecule has 0 aromatic heterocycles. The van der Waals surface area contributed by atoms with Gasteiger partial charge in [-0.2, -0.15) is 0 Å². The molecule has 1 radical (unpaired) electrons. The minimum atomic E-state index is 0.423. The van der Waals surface area contributed by atoms with Crippen molar-refractivity contribution in [2.24, 2.45) is 11.3 Å². The summed E-state index contributed by atoms with van der Waals surface area (Å²) >= 11 is 0. The number of rotatable bonds is 0. The standard InChI is InChI=1S/C10H17/c1-9-6-4-5-7-10(2,3)8-9/h4-5,8-9H,6-7H2,1-3H3. The molecule has 0 heteroatoms. The summed E-state index contributed by atoms with van der Waals surface area (Å²) in [6.07, 6.45) is 9.50. The molecule has 0 aromatic rings. The highest BCUT2D eigenvalue weighted by molar-refractivity contribution is 5.01. The second-order valence-corrected chi connectivity index (χ2v) is 4.04.